The van der Waals surface area contributed by atoms with Crippen molar-refractivity contribution in [3.8, 4) is 11.5 Å². The van der Waals surface area contributed by atoms with Gasteiger partial charge < -0.3 is 25.4 Å². The van der Waals surface area contributed by atoms with Crippen LogP contribution >= 0.6 is 0 Å². The molecular formula is C14H21N3O2. The highest BCUT2D eigenvalue weighted by molar-refractivity contribution is 5.67. The number of hydrogen-bond donors (Lipinski definition) is 2. The molecule has 104 valence electrons. The average molecular weight is 263 g/mol. The number of anilines is 1. The highest BCUT2D eigenvalue weighted by Gasteiger charge is 2.22. The second-order valence-corrected chi connectivity index (χ2v) is 4.91. The molecule has 1 saturated heterocycles. The first-order valence-corrected chi connectivity index (χ1v) is 6.97. The predicted octanol–water partition coefficient (Wildman–Crippen LogP) is 0.369. The van der Waals surface area contributed by atoms with Gasteiger partial charge in [-0.15, -0.1) is 0 Å². The zero-order chi connectivity index (χ0) is 13.1. The van der Waals surface area contributed by atoms with E-state index in [-0.39, 0.29) is 0 Å². The monoisotopic (exact) mass is 263 g/mol. The van der Waals surface area contributed by atoms with Crippen LogP contribution in [0.5, 0.6) is 11.5 Å². The highest BCUT2D eigenvalue weighted by Crippen LogP contribution is 2.41. The number of rotatable bonds is 3. The maximum atomic E-state index is 5.82. The minimum atomic E-state index is 0.625. The maximum Gasteiger partial charge on any atom is 0.184 e. The molecule has 2 aliphatic heterocycles. The second kappa shape index (κ2) is 5.67. The molecule has 1 aromatic carbocycles. The molecule has 2 aliphatic rings. The largest absolute Gasteiger partial charge is 0.486 e. The molecule has 2 heterocycles. The van der Waals surface area contributed by atoms with Gasteiger partial charge in [0.1, 0.15) is 13.2 Å². The number of nitrogens with zero attached hydrogens (tertiary/aromatic N) is 1. The molecule has 1 aromatic rings. The fourth-order valence-corrected chi connectivity index (χ4v) is 2.64. The van der Waals surface area contributed by atoms with E-state index in [0.717, 1.165) is 49.8 Å². The Balaban J connectivity index is 1.96. The third-order valence-electron chi connectivity index (χ3n) is 3.57. The fourth-order valence-electron chi connectivity index (χ4n) is 2.64. The maximum absolute atomic E-state index is 5.82. The minimum Gasteiger partial charge on any atom is -0.486 e. The molecule has 5 nitrogen and oxygen atoms in total. The van der Waals surface area contributed by atoms with Crippen LogP contribution in [0.3, 0.4) is 0 Å². The molecule has 0 bridgehead atoms. The van der Waals surface area contributed by atoms with E-state index < -0.39 is 0 Å². The Kier molecular flexibility index (Phi) is 3.75. The van der Waals surface area contributed by atoms with Crippen LogP contribution in [0.25, 0.3) is 0 Å². The lowest BCUT2D eigenvalue weighted by atomic mass is 10.1. The van der Waals surface area contributed by atoms with Gasteiger partial charge in [0.25, 0.3) is 0 Å². The zero-order valence-electron chi connectivity index (χ0n) is 11.2. The summed E-state index contributed by atoms with van der Waals surface area (Å²) < 4.78 is 11.6. The lowest BCUT2D eigenvalue weighted by Crippen LogP contribution is -2.43. The molecule has 0 atom stereocenters. The third-order valence-corrected chi connectivity index (χ3v) is 3.57. The summed E-state index contributed by atoms with van der Waals surface area (Å²) in [7, 11) is 0. The number of ether oxygens (including phenoxy) is 2. The van der Waals surface area contributed by atoms with Gasteiger partial charge in [0.05, 0.1) is 5.69 Å². The van der Waals surface area contributed by atoms with Crippen LogP contribution in [0.4, 0.5) is 5.69 Å². The van der Waals surface area contributed by atoms with Gasteiger partial charge in [-0.3, -0.25) is 0 Å². The number of benzene rings is 1. The summed E-state index contributed by atoms with van der Waals surface area (Å²) >= 11 is 0. The summed E-state index contributed by atoms with van der Waals surface area (Å²) in [6.45, 7) is 5.93. The molecule has 0 unspecified atom stereocenters. The highest BCUT2D eigenvalue weighted by atomic mass is 16.6. The van der Waals surface area contributed by atoms with E-state index in [1.165, 1.54) is 5.56 Å². The molecule has 5 heteroatoms. The molecule has 19 heavy (non-hydrogen) atoms. The minimum absolute atomic E-state index is 0.625. The van der Waals surface area contributed by atoms with Crippen molar-refractivity contribution >= 4 is 5.69 Å². The van der Waals surface area contributed by atoms with Crippen LogP contribution in [0.2, 0.25) is 0 Å². The number of fused-ring (bicyclic) bond motifs is 1. The number of nitrogens with one attached hydrogen (secondary N) is 1. The van der Waals surface area contributed by atoms with Crippen molar-refractivity contribution in [1.29, 1.82) is 0 Å². The second-order valence-electron chi connectivity index (χ2n) is 4.91. The fraction of sp³-hybridized carbons (Fsp3) is 0.571. The summed E-state index contributed by atoms with van der Waals surface area (Å²) in [5.41, 5.74) is 8.05. The SMILES string of the molecule is NCCc1cc2c(c(N3CCNCC3)c1)OCCO2. The molecule has 0 aromatic heterocycles. The lowest BCUT2D eigenvalue weighted by Gasteiger charge is -2.33. The summed E-state index contributed by atoms with van der Waals surface area (Å²) in [6.07, 6.45) is 0.871. The normalized spacial score (nSPS) is 18.5. The molecular weight excluding hydrogens is 242 g/mol. The first-order valence-electron chi connectivity index (χ1n) is 6.97. The lowest BCUT2D eigenvalue weighted by molar-refractivity contribution is 0.172. The topological polar surface area (TPSA) is 59.8 Å². The van der Waals surface area contributed by atoms with Gasteiger partial charge in [-0.05, 0) is 30.7 Å². The van der Waals surface area contributed by atoms with Gasteiger partial charge in [-0.2, -0.15) is 0 Å². The van der Waals surface area contributed by atoms with E-state index in [0.29, 0.717) is 19.8 Å². The van der Waals surface area contributed by atoms with Crippen molar-refractivity contribution in [3.05, 3.63) is 17.7 Å². The first kappa shape index (κ1) is 12.6. The summed E-state index contributed by atoms with van der Waals surface area (Å²) in [5.74, 6) is 1.76. The quantitative estimate of drug-likeness (QED) is 0.825. The number of hydrogen-bond acceptors (Lipinski definition) is 5. The Morgan fingerprint density at radius 3 is 2.74 bits per heavy atom. The Hall–Kier alpha value is -1.46. The Morgan fingerprint density at radius 2 is 1.95 bits per heavy atom. The molecule has 1 fully saturated rings. The molecule has 3 N–H and O–H groups in total. The number of piperazine rings is 1. The van der Waals surface area contributed by atoms with E-state index in [2.05, 4.69) is 22.3 Å². The molecule has 3 rings (SSSR count). The molecule has 0 saturated carbocycles. The van der Waals surface area contributed by atoms with Crippen molar-refractivity contribution in [2.45, 2.75) is 6.42 Å². The van der Waals surface area contributed by atoms with E-state index >= 15 is 0 Å². The van der Waals surface area contributed by atoms with Gasteiger partial charge >= 0.3 is 0 Å². The van der Waals surface area contributed by atoms with Crippen LogP contribution in [-0.2, 0) is 6.42 Å². The van der Waals surface area contributed by atoms with Crippen molar-refractivity contribution in [3.63, 3.8) is 0 Å². The van der Waals surface area contributed by atoms with E-state index in [1.807, 2.05) is 0 Å². The van der Waals surface area contributed by atoms with Crippen LogP contribution in [0.1, 0.15) is 5.56 Å². The average Bonchev–Trinajstić information content (AvgIpc) is 2.48. The van der Waals surface area contributed by atoms with Gasteiger partial charge in [0, 0.05) is 26.2 Å². The van der Waals surface area contributed by atoms with Crippen LogP contribution < -0.4 is 25.4 Å². The van der Waals surface area contributed by atoms with Crippen LogP contribution in [0, 0.1) is 0 Å². The molecule has 0 spiro atoms. The van der Waals surface area contributed by atoms with Gasteiger partial charge in [-0.25, -0.2) is 0 Å². The molecule has 0 radical (unpaired) electrons. The Morgan fingerprint density at radius 1 is 1.16 bits per heavy atom. The van der Waals surface area contributed by atoms with Gasteiger partial charge in [-0.1, -0.05) is 0 Å². The standard InChI is InChI=1S/C14H21N3O2/c15-2-1-11-9-12(17-5-3-16-4-6-17)14-13(10-11)18-7-8-19-14/h9-10,16H,1-8,15H2. The van der Waals surface area contributed by atoms with E-state index in [1.54, 1.807) is 0 Å². The van der Waals surface area contributed by atoms with Crippen LogP contribution in [-0.4, -0.2) is 45.9 Å². The predicted molar refractivity (Wildman–Crippen MR) is 75.3 cm³/mol. The van der Waals surface area contributed by atoms with Crippen molar-refractivity contribution < 1.29 is 9.47 Å². The van der Waals surface area contributed by atoms with Crippen molar-refractivity contribution in [1.82, 2.24) is 5.32 Å². The van der Waals surface area contributed by atoms with Gasteiger partial charge in [0.2, 0.25) is 0 Å². The summed E-state index contributed by atoms with van der Waals surface area (Å²) in [6, 6.07) is 4.26. The molecule has 0 aliphatic carbocycles. The summed E-state index contributed by atoms with van der Waals surface area (Å²) in [5, 5.41) is 3.37. The number of nitrogens with two attached hydrogens (primary N) is 1. The van der Waals surface area contributed by atoms with Crippen molar-refractivity contribution in [2.75, 3.05) is 50.8 Å². The van der Waals surface area contributed by atoms with Crippen molar-refractivity contribution in [2.24, 2.45) is 5.73 Å². The summed E-state index contributed by atoms with van der Waals surface area (Å²) in [4.78, 5) is 2.37. The van der Waals surface area contributed by atoms with E-state index in [4.69, 9.17) is 15.2 Å². The third kappa shape index (κ3) is 2.62. The van der Waals surface area contributed by atoms with E-state index in [9.17, 15) is 0 Å². The Labute approximate surface area is 113 Å². The first-order chi connectivity index (χ1) is 9.38. The van der Waals surface area contributed by atoms with Crippen LogP contribution in [0.15, 0.2) is 12.1 Å². The van der Waals surface area contributed by atoms with Gasteiger partial charge in [0.15, 0.2) is 11.5 Å². The Bertz CT molecular complexity index is 445. The molecule has 0 amide bonds. The zero-order valence-corrected chi connectivity index (χ0v) is 11.2. The smallest absolute Gasteiger partial charge is 0.184 e.